The second kappa shape index (κ2) is 2.82. The fraction of sp³-hybridized carbons (Fsp3) is 0.714. The Balaban J connectivity index is 2.65. The Labute approximate surface area is 60.4 Å². The van der Waals surface area contributed by atoms with E-state index in [2.05, 4.69) is 0 Å². The van der Waals surface area contributed by atoms with Crippen LogP contribution in [0.2, 0.25) is 0 Å². The lowest BCUT2D eigenvalue weighted by Crippen LogP contribution is -2.18. The summed E-state index contributed by atoms with van der Waals surface area (Å²) in [6.45, 7) is 0. The van der Waals surface area contributed by atoms with E-state index in [1.54, 1.807) is 0 Å². The number of carbonyl (C=O) groups is 2. The van der Waals surface area contributed by atoms with E-state index in [9.17, 15) is 9.59 Å². The lowest BCUT2D eigenvalue weighted by Gasteiger charge is -2.06. The molecule has 0 bridgehead atoms. The summed E-state index contributed by atoms with van der Waals surface area (Å²) in [5.74, 6) is -2.08. The molecule has 3 heteroatoms. The van der Waals surface area contributed by atoms with Crippen molar-refractivity contribution < 1.29 is 16.1 Å². The number of carbonyl (C=O) groups excluding carboxylic acids is 1. The summed E-state index contributed by atoms with van der Waals surface area (Å²) in [5.41, 5.74) is 0. The Hall–Kier alpha value is -0.860. The third-order valence-corrected chi connectivity index (χ3v) is 1.98. The topological polar surface area (TPSA) is 54.4 Å². The largest absolute Gasteiger partial charge is 0.481 e. The maximum atomic E-state index is 10.6. The van der Waals surface area contributed by atoms with Gasteiger partial charge in [-0.1, -0.05) is 6.42 Å². The standard InChI is InChI=1S/C7H10O3/c8-4-5-2-1-3-6(5)7(9)10/h4-6H,1-3H2,(H,9,10)/i4D. The Morgan fingerprint density at radius 3 is 2.80 bits per heavy atom. The maximum absolute atomic E-state index is 10.6. The molecule has 0 heterocycles. The van der Waals surface area contributed by atoms with Crippen LogP contribution in [0.25, 0.3) is 0 Å². The normalized spacial score (nSPS) is 33.4. The van der Waals surface area contributed by atoms with Gasteiger partial charge in [-0.2, -0.15) is 0 Å². The van der Waals surface area contributed by atoms with Gasteiger partial charge in [0.1, 0.15) is 7.63 Å². The molecule has 56 valence electrons. The highest BCUT2D eigenvalue weighted by atomic mass is 16.4. The SMILES string of the molecule is [2H]C(=O)C1CCCC1C(=O)O. The molecule has 1 saturated carbocycles. The average Bonchev–Trinajstić information content (AvgIpc) is 2.32. The summed E-state index contributed by atoms with van der Waals surface area (Å²) in [6, 6.07) is 0. The molecule has 0 spiro atoms. The van der Waals surface area contributed by atoms with E-state index in [1.807, 2.05) is 0 Å². The number of carboxylic acids is 1. The van der Waals surface area contributed by atoms with Crippen LogP contribution >= 0.6 is 0 Å². The van der Waals surface area contributed by atoms with E-state index in [1.165, 1.54) is 0 Å². The highest BCUT2D eigenvalue weighted by molar-refractivity contribution is 5.75. The third-order valence-electron chi connectivity index (χ3n) is 1.98. The van der Waals surface area contributed by atoms with Crippen LogP contribution < -0.4 is 0 Å². The Morgan fingerprint density at radius 1 is 1.70 bits per heavy atom. The summed E-state index contributed by atoms with van der Waals surface area (Å²) < 4.78 is 6.80. The molecule has 1 aliphatic carbocycles. The first-order valence-electron chi connectivity index (χ1n) is 3.86. The van der Waals surface area contributed by atoms with Crippen molar-refractivity contribution in [3.05, 3.63) is 0 Å². The maximum Gasteiger partial charge on any atom is 0.307 e. The van der Waals surface area contributed by atoms with E-state index >= 15 is 0 Å². The van der Waals surface area contributed by atoms with E-state index < -0.39 is 24.1 Å². The minimum absolute atomic E-state index is 0.546. The summed E-state index contributed by atoms with van der Waals surface area (Å²) >= 11 is 0. The molecule has 0 amide bonds. The molecule has 2 unspecified atom stereocenters. The fourth-order valence-corrected chi connectivity index (χ4v) is 1.40. The Bertz CT molecular complexity index is 170. The zero-order chi connectivity index (χ0) is 8.43. The van der Waals surface area contributed by atoms with Crippen LogP contribution in [0.5, 0.6) is 0 Å². The first-order valence-corrected chi connectivity index (χ1v) is 3.36. The van der Waals surface area contributed by atoms with E-state index in [4.69, 9.17) is 6.48 Å². The van der Waals surface area contributed by atoms with Crippen molar-refractivity contribution in [2.24, 2.45) is 11.8 Å². The zero-order valence-corrected chi connectivity index (χ0v) is 5.54. The van der Waals surface area contributed by atoms with Crippen molar-refractivity contribution in [2.45, 2.75) is 19.3 Å². The molecule has 0 aromatic heterocycles. The van der Waals surface area contributed by atoms with Crippen LogP contribution in [0.15, 0.2) is 0 Å². The van der Waals surface area contributed by atoms with Crippen LogP contribution in [0, 0.1) is 11.8 Å². The molecule has 0 saturated heterocycles. The van der Waals surface area contributed by atoms with Crippen LogP contribution in [-0.2, 0) is 9.59 Å². The van der Waals surface area contributed by atoms with E-state index in [0.29, 0.717) is 12.8 Å². The lowest BCUT2D eigenvalue weighted by molar-refractivity contribution is -0.144. The zero-order valence-electron chi connectivity index (χ0n) is 6.54. The van der Waals surface area contributed by atoms with Crippen molar-refractivity contribution in [1.29, 1.82) is 0 Å². The number of hydrogen-bond acceptors (Lipinski definition) is 2. The van der Waals surface area contributed by atoms with Crippen LogP contribution in [0.1, 0.15) is 20.6 Å². The van der Waals surface area contributed by atoms with Crippen LogP contribution in [0.4, 0.5) is 0 Å². The van der Waals surface area contributed by atoms with E-state index in [-0.39, 0.29) is 0 Å². The molecule has 2 atom stereocenters. The van der Waals surface area contributed by atoms with Gasteiger partial charge >= 0.3 is 5.97 Å². The Kier molecular flexibility index (Phi) is 1.66. The van der Waals surface area contributed by atoms with Gasteiger partial charge in [0.2, 0.25) is 0 Å². The number of rotatable bonds is 2. The fourth-order valence-electron chi connectivity index (χ4n) is 1.40. The van der Waals surface area contributed by atoms with Crippen LogP contribution in [0.3, 0.4) is 0 Å². The first kappa shape index (κ1) is 5.89. The van der Waals surface area contributed by atoms with Crippen LogP contribution in [-0.4, -0.2) is 17.3 Å². The number of hydrogen-bond donors (Lipinski definition) is 1. The van der Waals surface area contributed by atoms with Gasteiger partial charge in [0, 0.05) is 5.92 Å². The van der Waals surface area contributed by atoms with E-state index in [0.717, 1.165) is 6.42 Å². The van der Waals surface area contributed by atoms with Gasteiger partial charge in [-0.25, -0.2) is 0 Å². The quantitative estimate of drug-likeness (QED) is 0.578. The van der Waals surface area contributed by atoms with Gasteiger partial charge in [-0.15, -0.1) is 0 Å². The smallest absolute Gasteiger partial charge is 0.307 e. The van der Waals surface area contributed by atoms with Gasteiger partial charge < -0.3 is 9.90 Å². The molecular weight excluding hydrogens is 132 g/mol. The average molecular weight is 143 g/mol. The van der Waals surface area contributed by atoms with Crippen molar-refractivity contribution in [2.75, 3.05) is 0 Å². The molecule has 1 fully saturated rings. The molecule has 1 rings (SSSR count). The molecule has 1 aliphatic rings. The molecule has 0 radical (unpaired) electrons. The molecule has 0 aromatic rings. The molecule has 0 aliphatic heterocycles. The van der Waals surface area contributed by atoms with Gasteiger partial charge in [-0.05, 0) is 12.8 Å². The summed E-state index contributed by atoms with van der Waals surface area (Å²) in [4.78, 5) is 21.0. The lowest BCUT2D eigenvalue weighted by atomic mass is 9.98. The first-order chi connectivity index (χ1) is 5.13. The number of aliphatic carboxylic acids is 1. The summed E-state index contributed by atoms with van der Waals surface area (Å²) in [6.07, 6.45) is 1.14. The molecule has 1 N–H and O–H groups in total. The van der Waals surface area contributed by atoms with Gasteiger partial charge in [0.25, 0.3) is 0 Å². The third kappa shape index (κ3) is 1.17. The number of carboxylic acid groups (broad SMARTS) is 1. The molecule has 3 nitrogen and oxygen atoms in total. The minimum atomic E-state index is -0.937. The second-order valence-electron chi connectivity index (χ2n) is 2.60. The highest BCUT2D eigenvalue weighted by Gasteiger charge is 2.32. The predicted octanol–water partition coefficient (Wildman–Crippen LogP) is 0.686. The molecule has 0 aromatic carbocycles. The monoisotopic (exact) mass is 143 g/mol. The summed E-state index contributed by atoms with van der Waals surface area (Å²) in [5, 5.41) is 8.60. The number of aldehydes is 1. The van der Waals surface area contributed by atoms with Gasteiger partial charge in [0.05, 0.1) is 5.92 Å². The van der Waals surface area contributed by atoms with Gasteiger partial charge in [0.15, 0.2) is 0 Å². The second-order valence-corrected chi connectivity index (χ2v) is 2.60. The Morgan fingerprint density at radius 2 is 2.40 bits per heavy atom. The summed E-state index contributed by atoms with van der Waals surface area (Å²) in [7, 11) is 0. The van der Waals surface area contributed by atoms with Gasteiger partial charge in [-0.3, -0.25) is 4.79 Å². The van der Waals surface area contributed by atoms with Crippen molar-refractivity contribution in [1.82, 2.24) is 0 Å². The van der Waals surface area contributed by atoms with Crippen molar-refractivity contribution in [3.8, 4) is 0 Å². The molecular formula is C7H10O3. The van der Waals surface area contributed by atoms with Crippen molar-refractivity contribution >= 4 is 12.2 Å². The highest BCUT2D eigenvalue weighted by Crippen LogP contribution is 2.29. The van der Waals surface area contributed by atoms with Crippen molar-refractivity contribution in [3.63, 3.8) is 0 Å². The molecule has 10 heavy (non-hydrogen) atoms. The minimum Gasteiger partial charge on any atom is -0.481 e. The predicted molar refractivity (Wildman–Crippen MR) is 34.5 cm³/mol.